The average molecular weight is 597 g/mol. The minimum atomic E-state index is -5.61. The van der Waals surface area contributed by atoms with Crippen LogP contribution < -0.4 is 0 Å². The molecule has 0 saturated heterocycles. The molecule has 0 spiro atoms. The largest absolute Gasteiger partial charge is 0.380 e. The van der Waals surface area contributed by atoms with Gasteiger partial charge in [-0.05, 0) is 50.2 Å². The van der Waals surface area contributed by atoms with Crippen LogP contribution in [0.2, 0.25) is 0 Å². The topological polar surface area (TPSA) is 0 Å². The molecule has 0 aliphatic heterocycles. The molecule has 0 atom stereocenters. The van der Waals surface area contributed by atoms with Gasteiger partial charge in [-0.25, -0.2) is 0 Å². The van der Waals surface area contributed by atoms with Crippen LogP contribution in [0.1, 0.15) is 20.9 Å². The Bertz CT molecular complexity index is 1370. The molecule has 0 nitrogen and oxygen atoms in total. The van der Waals surface area contributed by atoms with Gasteiger partial charge in [0.05, 0.1) is 18.2 Å². The molecule has 0 fully saturated rings. The number of rotatable bonds is 4. The van der Waals surface area contributed by atoms with Gasteiger partial charge in [-0.15, -0.1) is 70.6 Å². The van der Waals surface area contributed by atoms with Crippen LogP contribution in [0.15, 0.2) is 44.8 Å². The van der Waals surface area contributed by atoms with E-state index in [2.05, 4.69) is 25.3 Å². The highest BCUT2D eigenvalue weighted by atomic mass is 32.2. The quantitative estimate of drug-likeness (QED) is 0.170. The van der Waals surface area contributed by atoms with Crippen LogP contribution in [-0.2, 0) is 0 Å². The zero-order valence-corrected chi connectivity index (χ0v) is 22.8. The normalized spacial score (nSPS) is 18.6. The van der Waals surface area contributed by atoms with Crippen molar-refractivity contribution in [1.82, 2.24) is 0 Å². The number of aryl methyl sites for hydroxylation is 2. The fourth-order valence-corrected chi connectivity index (χ4v) is 8.61. The Hall–Kier alpha value is -1.18. The summed E-state index contributed by atoms with van der Waals surface area (Å²) in [4.78, 5) is 2.51. The van der Waals surface area contributed by atoms with Crippen LogP contribution in [0.5, 0.6) is 0 Å². The molecule has 0 amide bonds. The Morgan fingerprint density at radius 1 is 0.600 bits per heavy atom. The first-order valence-electron chi connectivity index (χ1n) is 9.94. The van der Waals surface area contributed by atoms with E-state index in [1.54, 1.807) is 38.1 Å². The van der Waals surface area contributed by atoms with Gasteiger partial charge in [0.15, 0.2) is 0 Å². The number of hydrogen-bond acceptors (Lipinski definition) is 6. The first-order chi connectivity index (χ1) is 16.3. The second kappa shape index (κ2) is 8.42. The van der Waals surface area contributed by atoms with Gasteiger partial charge in [0.25, 0.3) is 0 Å². The molecule has 1 aliphatic rings. The molecule has 184 valence electrons. The van der Waals surface area contributed by atoms with E-state index in [1.807, 2.05) is 0 Å². The van der Waals surface area contributed by atoms with Crippen molar-refractivity contribution < 1.29 is 26.3 Å². The second-order valence-electron chi connectivity index (χ2n) is 7.95. The van der Waals surface area contributed by atoms with E-state index in [4.69, 9.17) is 0 Å². The van der Waals surface area contributed by atoms with E-state index >= 15 is 17.6 Å². The number of hydrogen-bond donors (Lipinski definition) is 2. The lowest BCUT2D eigenvalue weighted by Crippen LogP contribution is -2.48. The van der Waals surface area contributed by atoms with Crippen LogP contribution in [-0.4, -0.2) is 17.8 Å². The highest BCUT2D eigenvalue weighted by Gasteiger charge is 2.80. The maximum Gasteiger partial charge on any atom is 0.380 e. The Labute approximate surface area is 223 Å². The SMILES string of the molecule is Cc1cc(C2=C(c3cc(C)sc3-c3ccc(S)s3)C(F)(F)C(F)(F)C2(F)F)c(-c2ccc(S)s2)s1. The van der Waals surface area contributed by atoms with Crippen molar-refractivity contribution in [3.05, 3.63) is 57.3 Å². The van der Waals surface area contributed by atoms with Gasteiger partial charge in [0.1, 0.15) is 0 Å². The molecule has 0 N–H and O–H groups in total. The zero-order chi connectivity index (χ0) is 25.5. The molecule has 0 radical (unpaired) electrons. The molecule has 12 heteroatoms. The molecule has 35 heavy (non-hydrogen) atoms. The molecule has 5 rings (SSSR count). The summed E-state index contributed by atoms with van der Waals surface area (Å²) in [6.07, 6.45) is 0. The lowest BCUT2D eigenvalue weighted by molar-refractivity contribution is -0.254. The van der Waals surface area contributed by atoms with Crippen LogP contribution in [0.4, 0.5) is 26.3 Å². The summed E-state index contributed by atoms with van der Waals surface area (Å²) in [6, 6.07) is 9.08. The second-order valence-corrected chi connectivity index (χ2v) is 14.2. The molecule has 4 aromatic heterocycles. The van der Waals surface area contributed by atoms with Gasteiger partial charge in [-0.1, -0.05) is 0 Å². The summed E-state index contributed by atoms with van der Waals surface area (Å²) in [5, 5.41) is 0. The number of thiophene rings is 4. The maximum absolute atomic E-state index is 15.5. The van der Waals surface area contributed by atoms with Crippen molar-refractivity contribution in [2.75, 3.05) is 0 Å². The number of thiol groups is 2. The predicted molar refractivity (Wildman–Crippen MR) is 141 cm³/mol. The summed E-state index contributed by atoms with van der Waals surface area (Å²) < 4.78 is 92.8. The van der Waals surface area contributed by atoms with Crippen molar-refractivity contribution in [1.29, 1.82) is 0 Å². The molecule has 4 aromatic rings. The minimum Gasteiger partial charge on any atom is -0.194 e. The molecule has 0 aromatic carbocycles. The monoisotopic (exact) mass is 596 g/mol. The zero-order valence-electron chi connectivity index (χ0n) is 17.8. The van der Waals surface area contributed by atoms with Crippen molar-refractivity contribution in [3.8, 4) is 19.5 Å². The third-order valence-corrected chi connectivity index (χ3v) is 10.6. The fraction of sp³-hybridized carbons (Fsp3) is 0.217. The highest BCUT2D eigenvalue weighted by Crippen LogP contribution is 2.67. The Balaban J connectivity index is 1.88. The Kier molecular flexibility index (Phi) is 6.13. The lowest BCUT2D eigenvalue weighted by atomic mass is 9.94. The van der Waals surface area contributed by atoms with Crippen molar-refractivity contribution in [2.24, 2.45) is 0 Å². The fourth-order valence-electron chi connectivity index (χ4n) is 4.10. The lowest BCUT2D eigenvalue weighted by Gasteiger charge is -2.25. The van der Waals surface area contributed by atoms with Crippen molar-refractivity contribution in [3.63, 3.8) is 0 Å². The molecule has 0 saturated carbocycles. The Morgan fingerprint density at radius 3 is 1.29 bits per heavy atom. The standard InChI is InChI=1S/C23H14F6S6/c1-9-7-11(19(32-9)13-3-5-15(30)34-13)17-18(22(26,27)23(28,29)21(17,24)25)12-8-10(2)33-20(12)14-4-6-16(31)35-14/h3-8,30-31H,1-2H3. The number of alkyl halides is 6. The average Bonchev–Trinajstić information content (AvgIpc) is 3.54. The molecular weight excluding hydrogens is 583 g/mol. The van der Waals surface area contributed by atoms with Crippen LogP contribution in [0, 0.1) is 13.8 Å². The summed E-state index contributed by atoms with van der Waals surface area (Å²) >= 11 is 13.0. The minimum absolute atomic E-state index is 0.232. The van der Waals surface area contributed by atoms with Crippen LogP contribution in [0.3, 0.4) is 0 Å². The molecule has 4 heterocycles. The van der Waals surface area contributed by atoms with Crippen LogP contribution in [0.25, 0.3) is 30.7 Å². The van der Waals surface area contributed by atoms with E-state index in [9.17, 15) is 8.78 Å². The predicted octanol–water partition coefficient (Wildman–Crippen LogP) is 10.3. The maximum atomic E-state index is 15.5. The van der Waals surface area contributed by atoms with E-state index in [-0.39, 0.29) is 20.9 Å². The number of halogens is 6. The van der Waals surface area contributed by atoms with Gasteiger partial charge in [-0.3, -0.25) is 0 Å². The smallest absolute Gasteiger partial charge is 0.194 e. The molecule has 0 unspecified atom stereocenters. The first-order valence-corrected chi connectivity index (χ1v) is 14.1. The van der Waals surface area contributed by atoms with Gasteiger partial charge in [-0.2, -0.15) is 26.3 Å². The van der Waals surface area contributed by atoms with E-state index in [1.165, 1.54) is 12.1 Å². The summed E-state index contributed by atoms with van der Waals surface area (Å²) in [6.45, 7) is 3.24. The summed E-state index contributed by atoms with van der Waals surface area (Å²) in [7, 11) is 0. The molecule has 0 bridgehead atoms. The first kappa shape index (κ1) is 25.5. The van der Waals surface area contributed by atoms with E-state index in [0.29, 0.717) is 27.9 Å². The van der Waals surface area contributed by atoms with Gasteiger partial charge < -0.3 is 0 Å². The summed E-state index contributed by atoms with van der Waals surface area (Å²) in [5.41, 5.74) is -3.28. The number of allylic oxidation sites excluding steroid dienone is 2. The van der Waals surface area contributed by atoms with Crippen molar-refractivity contribution in [2.45, 2.75) is 40.0 Å². The van der Waals surface area contributed by atoms with Gasteiger partial charge >= 0.3 is 17.8 Å². The highest BCUT2D eigenvalue weighted by molar-refractivity contribution is 7.83. The third kappa shape index (κ3) is 3.78. The Morgan fingerprint density at radius 2 is 0.971 bits per heavy atom. The van der Waals surface area contributed by atoms with Gasteiger partial charge in [0.2, 0.25) is 0 Å². The van der Waals surface area contributed by atoms with Gasteiger partial charge in [0, 0.05) is 41.8 Å². The van der Waals surface area contributed by atoms with Crippen molar-refractivity contribution >= 4 is 81.8 Å². The summed E-state index contributed by atoms with van der Waals surface area (Å²) in [5.74, 6) is -15.8. The van der Waals surface area contributed by atoms with E-state index < -0.39 is 28.9 Å². The third-order valence-electron chi connectivity index (χ3n) is 5.55. The van der Waals surface area contributed by atoms with E-state index in [0.717, 1.165) is 45.3 Å². The molecular formula is C23H14F6S6. The molecule has 1 aliphatic carbocycles. The van der Waals surface area contributed by atoms with Crippen LogP contribution >= 0.6 is 70.6 Å².